The molecule has 0 radical (unpaired) electrons. The van der Waals surface area contributed by atoms with Gasteiger partial charge in [0.2, 0.25) is 0 Å². The number of para-hydroxylation sites is 2. The van der Waals surface area contributed by atoms with Crippen molar-refractivity contribution in [3.05, 3.63) is 44.0 Å². The van der Waals surface area contributed by atoms with Gasteiger partial charge in [-0.15, -0.1) is 11.3 Å². The van der Waals surface area contributed by atoms with Gasteiger partial charge in [-0.1, -0.05) is 23.7 Å². The molecule has 0 spiro atoms. The highest BCUT2D eigenvalue weighted by Gasteiger charge is 2.17. The van der Waals surface area contributed by atoms with Crippen molar-refractivity contribution in [1.29, 1.82) is 0 Å². The Morgan fingerprint density at radius 2 is 1.96 bits per heavy atom. The lowest BCUT2D eigenvalue weighted by Crippen LogP contribution is -2.27. The van der Waals surface area contributed by atoms with E-state index in [1.807, 2.05) is 51.1 Å². The Bertz CT molecular complexity index is 678. The molecule has 4 nitrogen and oxygen atoms in total. The van der Waals surface area contributed by atoms with Gasteiger partial charge in [-0.2, -0.15) is 0 Å². The second kappa shape index (κ2) is 7.55. The highest BCUT2D eigenvalue weighted by Crippen LogP contribution is 2.32. The first kappa shape index (κ1) is 18.1. The normalized spacial score (nSPS) is 11.2. The van der Waals surface area contributed by atoms with Crippen molar-refractivity contribution in [2.45, 2.75) is 32.9 Å². The number of carbonyl (C=O) groups is 1. The Morgan fingerprint density at radius 1 is 1.30 bits per heavy atom. The minimum atomic E-state index is -0.535. The molecule has 0 saturated carbocycles. The fraction of sp³-hybridized carbons (Fsp3) is 0.312. The summed E-state index contributed by atoms with van der Waals surface area (Å²) in [7, 11) is 0. The van der Waals surface area contributed by atoms with E-state index in [9.17, 15) is 4.79 Å². The highest BCUT2D eigenvalue weighted by molar-refractivity contribution is 9.10. The van der Waals surface area contributed by atoms with Gasteiger partial charge in [0, 0.05) is 15.9 Å². The number of ether oxygens (including phenoxy) is 1. The molecule has 0 atom stereocenters. The van der Waals surface area contributed by atoms with Crippen LogP contribution in [0, 0.1) is 0 Å². The summed E-state index contributed by atoms with van der Waals surface area (Å²) in [6.45, 7) is 6.10. The molecule has 0 saturated heterocycles. The summed E-state index contributed by atoms with van der Waals surface area (Å²) >= 11 is 10.9. The van der Waals surface area contributed by atoms with Gasteiger partial charge in [0.15, 0.2) is 0 Å². The number of anilines is 2. The fourth-order valence-corrected chi connectivity index (χ4v) is 3.55. The minimum absolute atomic E-state index is 0.478. The summed E-state index contributed by atoms with van der Waals surface area (Å²) in [5.74, 6) is 0. The van der Waals surface area contributed by atoms with Crippen molar-refractivity contribution in [1.82, 2.24) is 0 Å². The van der Waals surface area contributed by atoms with Gasteiger partial charge in [-0.3, -0.25) is 5.32 Å². The van der Waals surface area contributed by atoms with Crippen LogP contribution in [0.4, 0.5) is 16.2 Å². The molecule has 7 heteroatoms. The summed E-state index contributed by atoms with van der Waals surface area (Å²) in [5, 5.41) is 6.06. The second-order valence-electron chi connectivity index (χ2n) is 5.86. The monoisotopic (exact) mass is 416 g/mol. The second-order valence-corrected chi connectivity index (χ2v) is 8.45. The van der Waals surface area contributed by atoms with Gasteiger partial charge in [0.05, 0.1) is 11.4 Å². The molecule has 2 N–H and O–H groups in total. The van der Waals surface area contributed by atoms with E-state index in [-0.39, 0.29) is 0 Å². The van der Waals surface area contributed by atoms with Gasteiger partial charge >= 0.3 is 6.09 Å². The SMILES string of the molecule is CC(C)(C)OC(=O)Nc1ccccc1NCc1cc(Br)c(Cl)s1. The molecule has 0 unspecified atom stereocenters. The molecule has 23 heavy (non-hydrogen) atoms. The van der Waals surface area contributed by atoms with Gasteiger partial charge in [0.1, 0.15) is 9.94 Å². The Morgan fingerprint density at radius 3 is 2.52 bits per heavy atom. The molecule has 0 fully saturated rings. The predicted molar refractivity (Wildman–Crippen MR) is 101 cm³/mol. The van der Waals surface area contributed by atoms with E-state index >= 15 is 0 Å². The number of carbonyl (C=O) groups excluding carboxylic acids is 1. The summed E-state index contributed by atoms with van der Waals surface area (Å²) in [5.41, 5.74) is 0.953. The maximum absolute atomic E-state index is 11.9. The summed E-state index contributed by atoms with van der Waals surface area (Å²) in [6.07, 6.45) is -0.478. The first-order valence-electron chi connectivity index (χ1n) is 7.01. The van der Waals surface area contributed by atoms with Gasteiger partial charge in [0.25, 0.3) is 0 Å². The van der Waals surface area contributed by atoms with E-state index in [1.165, 1.54) is 11.3 Å². The Hall–Kier alpha value is -1.24. The first-order valence-corrected chi connectivity index (χ1v) is 9.00. The maximum Gasteiger partial charge on any atom is 0.412 e. The van der Waals surface area contributed by atoms with Crippen LogP contribution in [0.25, 0.3) is 0 Å². The Labute approximate surface area is 153 Å². The number of nitrogens with one attached hydrogen (secondary N) is 2. The smallest absolute Gasteiger partial charge is 0.412 e. The lowest BCUT2D eigenvalue weighted by Gasteiger charge is -2.20. The largest absolute Gasteiger partial charge is 0.444 e. The van der Waals surface area contributed by atoms with Crippen LogP contribution in [-0.4, -0.2) is 11.7 Å². The molecule has 0 aliphatic rings. The first-order chi connectivity index (χ1) is 10.7. The third-order valence-electron chi connectivity index (χ3n) is 2.71. The molecule has 0 aliphatic heterocycles. The molecular formula is C16H18BrClN2O2S. The van der Waals surface area contributed by atoms with E-state index in [1.54, 1.807) is 0 Å². The molecule has 1 amide bonds. The number of hydrogen-bond acceptors (Lipinski definition) is 4. The maximum atomic E-state index is 11.9. The molecular weight excluding hydrogens is 400 g/mol. The molecule has 0 bridgehead atoms. The van der Waals surface area contributed by atoms with E-state index < -0.39 is 11.7 Å². The van der Waals surface area contributed by atoms with Crippen molar-refractivity contribution < 1.29 is 9.53 Å². The molecule has 1 aromatic carbocycles. The predicted octanol–water partition coefficient (Wildman–Crippen LogP) is 6.12. The third kappa shape index (κ3) is 5.71. The number of halogens is 2. The Balaban J connectivity index is 2.04. The number of rotatable bonds is 4. The molecule has 1 heterocycles. The lowest BCUT2D eigenvalue weighted by atomic mass is 10.2. The average Bonchev–Trinajstić information content (AvgIpc) is 2.75. The molecule has 1 aromatic heterocycles. The number of benzene rings is 1. The fourth-order valence-electron chi connectivity index (χ4n) is 1.82. The Kier molecular flexibility index (Phi) is 5.95. The van der Waals surface area contributed by atoms with Crippen LogP contribution in [0.3, 0.4) is 0 Å². The van der Waals surface area contributed by atoms with Crippen LogP contribution >= 0.6 is 38.9 Å². The average molecular weight is 418 g/mol. The van der Waals surface area contributed by atoms with Gasteiger partial charge < -0.3 is 10.1 Å². The van der Waals surface area contributed by atoms with E-state index in [0.29, 0.717) is 12.2 Å². The zero-order valence-electron chi connectivity index (χ0n) is 13.1. The van der Waals surface area contributed by atoms with Crippen LogP contribution in [-0.2, 0) is 11.3 Å². The van der Waals surface area contributed by atoms with E-state index in [2.05, 4.69) is 26.6 Å². The van der Waals surface area contributed by atoms with Crippen LogP contribution in [0.2, 0.25) is 4.34 Å². The minimum Gasteiger partial charge on any atom is -0.444 e. The van der Waals surface area contributed by atoms with E-state index in [0.717, 1.165) is 19.4 Å². The summed E-state index contributed by atoms with van der Waals surface area (Å²) < 4.78 is 6.89. The van der Waals surface area contributed by atoms with Crippen molar-refractivity contribution >= 4 is 56.3 Å². The molecule has 2 aromatic rings. The highest BCUT2D eigenvalue weighted by atomic mass is 79.9. The topological polar surface area (TPSA) is 50.4 Å². The van der Waals surface area contributed by atoms with Crippen molar-refractivity contribution in [3.8, 4) is 0 Å². The lowest BCUT2D eigenvalue weighted by molar-refractivity contribution is 0.0636. The standard InChI is InChI=1S/C16H18BrClN2O2S/c1-16(2,3)22-15(21)20-13-7-5-4-6-12(13)19-9-10-8-11(17)14(18)23-10/h4-8,19H,9H2,1-3H3,(H,20,21). The zero-order chi connectivity index (χ0) is 17.0. The van der Waals surface area contributed by atoms with E-state index in [4.69, 9.17) is 16.3 Å². The van der Waals surface area contributed by atoms with Crippen molar-refractivity contribution in [2.24, 2.45) is 0 Å². The van der Waals surface area contributed by atoms with Crippen molar-refractivity contribution in [2.75, 3.05) is 10.6 Å². The number of amides is 1. The zero-order valence-corrected chi connectivity index (χ0v) is 16.2. The van der Waals surface area contributed by atoms with Gasteiger partial charge in [-0.05, 0) is 54.9 Å². The van der Waals surface area contributed by atoms with Crippen molar-refractivity contribution in [3.63, 3.8) is 0 Å². The van der Waals surface area contributed by atoms with Gasteiger partial charge in [-0.25, -0.2) is 4.79 Å². The van der Waals surface area contributed by atoms with Crippen LogP contribution < -0.4 is 10.6 Å². The van der Waals surface area contributed by atoms with Crippen LogP contribution in [0.5, 0.6) is 0 Å². The third-order valence-corrected chi connectivity index (χ3v) is 5.19. The number of hydrogen-bond donors (Lipinski definition) is 2. The molecule has 2 rings (SSSR count). The quantitative estimate of drug-likeness (QED) is 0.629. The summed E-state index contributed by atoms with van der Waals surface area (Å²) in [6, 6.07) is 9.46. The van der Waals surface area contributed by atoms with Crippen LogP contribution in [0.15, 0.2) is 34.8 Å². The molecule has 124 valence electrons. The van der Waals surface area contributed by atoms with Crippen LogP contribution in [0.1, 0.15) is 25.6 Å². The molecule has 0 aliphatic carbocycles. The summed E-state index contributed by atoms with van der Waals surface area (Å²) in [4.78, 5) is 13.0. The number of thiophene rings is 1.